The van der Waals surface area contributed by atoms with E-state index in [-0.39, 0.29) is 23.8 Å². The van der Waals surface area contributed by atoms with Gasteiger partial charge in [-0.05, 0) is 54.8 Å². The number of nitrogens with zero attached hydrogens (tertiary/aromatic N) is 2. The third kappa shape index (κ3) is 7.41. The molecule has 7 nitrogen and oxygen atoms in total. The number of rotatable bonds is 11. The van der Waals surface area contributed by atoms with E-state index in [2.05, 4.69) is 5.32 Å². The highest BCUT2D eigenvalue weighted by molar-refractivity contribution is 7.89. The Morgan fingerprint density at radius 1 is 0.946 bits per heavy atom. The molecule has 0 radical (unpaired) electrons. The van der Waals surface area contributed by atoms with E-state index in [1.54, 1.807) is 0 Å². The quantitative estimate of drug-likeness (QED) is 0.397. The van der Waals surface area contributed by atoms with Crippen LogP contribution in [-0.2, 0) is 32.6 Å². The predicted octanol–water partition coefficient (Wildman–Crippen LogP) is 4.05. The van der Waals surface area contributed by atoms with E-state index in [4.69, 9.17) is 11.6 Å². The van der Waals surface area contributed by atoms with Crippen molar-refractivity contribution in [3.63, 3.8) is 0 Å². The number of nitrogens with one attached hydrogen (secondary N) is 1. The van der Waals surface area contributed by atoms with Crippen LogP contribution in [-0.4, -0.2) is 55.6 Å². The molecule has 0 fully saturated rings. The number of hydrogen-bond donors (Lipinski definition) is 1. The molecule has 0 aromatic heterocycles. The summed E-state index contributed by atoms with van der Waals surface area (Å²) in [6, 6.07) is 22.0. The van der Waals surface area contributed by atoms with Gasteiger partial charge in [-0.3, -0.25) is 9.59 Å². The van der Waals surface area contributed by atoms with Crippen LogP contribution in [0.4, 0.5) is 0 Å². The molecule has 0 unspecified atom stereocenters. The van der Waals surface area contributed by atoms with E-state index in [0.29, 0.717) is 11.6 Å². The first-order valence-corrected chi connectivity index (χ1v) is 13.8. The zero-order valence-corrected chi connectivity index (χ0v) is 22.8. The van der Waals surface area contributed by atoms with Crippen LogP contribution in [0.2, 0.25) is 5.02 Å². The Morgan fingerprint density at radius 3 is 2.19 bits per heavy atom. The van der Waals surface area contributed by atoms with Crippen molar-refractivity contribution in [3.05, 3.63) is 101 Å². The van der Waals surface area contributed by atoms with Crippen molar-refractivity contribution in [3.8, 4) is 0 Å². The molecule has 0 aliphatic heterocycles. The third-order valence-corrected chi connectivity index (χ3v) is 8.17. The molecule has 3 rings (SSSR count). The number of hydrogen-bond acceptors (Lipinski definition) is 4. The van der Waals surface area contributed by atoms with Gasteiger partial charge in [-0.15, -0.1) is 0 Å². The van der Waals surface area contributed by atoms with Crippen molar-refractivity contribution in [2.75, 3.05) is 20.1 Å². The first-order valence-electron chi connectivity index (χ1n) is 12.0. The number of carbonyl (C=O) groups is 2. The Balaban J connectivity index is 1.96. The number of aryl methyl sites for hydroxylation is 1. The van der Waals surface area contributed by atoms with Crippen LogP contribution in [0.5, 0.6) is 0 Å². The fourth-order valence-electron chi connectivity index (χ4n) is 3.97. The number of halogens is 1. The van der Waals surface area contributed by atoms with Gasteiger partial charge in [-0.25, -0.2) is 8.42 Å². The van der Waals surface area contributed by atoms with Gasteiger partial charge in [0.05, 0.1) is 11.4 Å². The number of benzene rings is 3. The summed E-state index contributed by atoms with van der Waals surface area (Å²) in [5.74, 6) is -0.771. The normalized spacial score (nSPS) is 12.2. The molecule has 196 valence electrons. The standard InChI is InChI=1S/C28H32ClN3O4S/c1-4-30-28(34)26(18-22-11-6-5-7-12-22)32(19-23-13-9-8-10-21(23)2)27(33)20-31(3)37(35,36)25-16-14-24(29)15-17-25/h5-17,26H,4,18-20H2,1-3H3,(H,30,34)/t26-/m0/s1. The second kappa shape index (κ2) is 12.9. The van der Waals surface area contributed by atoms with Crippen LogP contribution < -0.4 is 5.32 Å². The largest absolute Gasteiger partial charge is 0.355 e. The summed E-state index contributed by atoms with van der Waals surface area (Å²) in [7, 11) is -2.60. The van der Waals surface area contributed by atoms with Crippen molar-refractivity contribution in [2.24, 2.45) is 0 Å². The van der Waals surface area contributed by atoms with Gasteiger partial charge in [0.1, 0.15) is 6.04 Å². The molecule has 37 heavy (non-hydrogen) atoms. The Kier molecular flexibility index (Phi) is 9.86. The summed E-state index contributed by atoms with van der Waals surface area (Å²) in [6.07, 6.45) is 0.290. The third-order valence-electron chi connectivity index (χ3n) is 6.10. The zero-order valence-electron chi connectivity index (χ0n) is 21.2. The van der Waals surface area contributed by atoms with Gasteiger partial charge in [0, 0.05) is 31.6 Å². The average molecular weight is 542 g/mol. The van der Waals surface area contributed by atoms with Crippen molar-refractivity contribution in [1.29, 1.82) is 0 Å². The molecular weight excluding hydrogens is 510 g/mol. The van der Waals surface area contributed by atoms with Crippen LogP contribution >= 0.6 is 11.6 Å². The number of sulfonamides is 1. The maximum absolute atomic E-state index is 13.8. The molecule has 1 atom stereocenters. The molecule has 1 N–H and O–H groups in total. The van der Waals surface area contributed by atoms with Crippen LogP contribution in [0.15, 0.2) is 83.8 Å². The van der Waals surface area contributed by atoms with Crippen LogP contribution in [0.25, 0.3) is 0 Å². The molecular formula is C28H32ClN3O4S. The fraction of sp³-hybridized carbons (Fsp3) is 0.286. The highest BCUT2D eigenvalue weighted by atomic mass is 35.5. The lowest BCUT2D eigenvalue weighted by atomic mass is 10.0. The summed E-state index contributed by atoms with van der Waals surface area (Å²) in [6.45, 7) is 3.89. The lowest BCUT2D eigenvalue weighted by Crippen LogP contribution is -2.53. The molecule has 0 saturated heterocycles. The fourth-order valence-corrected chi connectivity index (χ4v) is 5.22. The SMILES string of the molecule is CCNC(=O)[C@H](Cc1ccccc1)N(Cc1ccccc1C)C(=O)CN(C)S(=O)(=O)c1ccc(Cl)cc1. The molecule has 9 heteroatoms. The van der Waals surface area contributed by atoms with Crippen molar-refractivity contribution < 1.29 is 18.0 Å². The zero-order chi connectivity index (χ0) is 27.0. The maximum atomic E-state index is 13.8. The highest BCUT2D eigenvalue weighted by Gasteiger charge is 2.33. The van der Waals surface area contributed by atoms with E-state index in [9.17, 15) is 18.0 Å². The van der Waals surface area contributed by atoms with E-state index >= 15 is 0 Å². The minimum atomic E-state index is -3.95. The molecule has 0 bridgehead atoms. The molecule has 2 amide bonds. The Labute approximate surface area is 224 Å². The van der Waals surface area contributed by atoms with Crippen LogP contribution in [0.3, 0.4) is 0 Å². The monoisotopic (exact) mass is 541 g/mol. The van der Waals surface area contributed by atoms with Gasteiger partial charge in [0.2, 0.25) is 21.8 Å². The lowest BCUT2D eigenvalue weighted by Gasteiger charge is -2.33. The molecule has 0 heterocycles. The average Bonchev–Trinajstić information content (AvgIpc) is 2.88. The smallest absolute Gasteiger partial charge is 0.243 e. The summed E-state index contributed by atoms with van der Waals surface area (Å²) in [5, 5.41) is 3.25. The summed E-state index contributed by atoms with van der Waals surface area (Å²) in [4.78, 5) is 28.5. The van der Waals surface area contributed by atoms with E-state index in [0.717, 1.165) is 21.0 Å². The van der Waals surface area contributed by atoms with Gasteiger partial charge >= 0.3 is 0 Å². The Bertz CT molecular complexity index is 1310. The van der Waals surface area contributed by atoms with Crippen LogP contribution in [0, 0.1) is 6.92 Å². The van der Waals surface area contributed by atoms with Gasteiger partial charge < -0.3 is 10.2 Å². The van der Waals surface area contributed by atoms with E-state index in [1.807, 2.05) is 68.4 Å². The van der Waals surface area contributed by atoms with Crippen molar-refractivity contribution in [2.45, 2.75) is 37.8 Å². The first kappa shape index (κ1) is 28.4. The minimum Gasteiger partial charge on any atom is -0.355 e. The number of likely N-dealkylation sites (N-methyl/N-ethyl adjacent to an activating group) is 2. The summed E-state index contributed by atoms with van der Waals surface area (Å²) < 4.78 is 27.3. The Hall–Kier alpha value is -3.20. The highest BCUT2D eigenvalue weighted by Crippen LogP contribution is 2.20. The molecule has 3 aromatic carbocycles. The van der Waals surface area contributed by atoms with Gasteiger partial charge in [-0.2, -0.15) is 4.31 Å². The minimum absolute atomic E-state index is 0.0298. The lowest BCUT2D eigenvalue weighted by molar-refractivity contribution is -0.141. The number of amides is 2. The first-order chi connectivity index (χ1) is 17.6. The molecule has 0 saturated carbocycles. The van der Waals surface area contributed by atoms with Gasteiger partial charge in [0.15, 0.2) is 0 Å². The molecule has 3 aromatic rings. The van der Waals surface area contributed by atoms with E-state index < -0.39 is 28.5 Å². The van der Waals surface area contributed by atoms with Crippen LogP contribution in [0.1, 0.15) is 23.6 Å². The van der Waals surface area contributed by atoms with Gasteiger partial charge in [0.25, 0.3) is 0 Å². The second-order valence-electron chi connectivity index (χ2n) is 8.76. The molecule has 0 aliphatic rings. The number of carbonyl (C=O) groups excluding carboxylic acids is 2. The topological polar surface area (TPSA) is 86.8 Å². The summed E-state index contributed by atoms with van der Waals surface area (Å²) >= 11 is 5.91. The summed E-state index contributed by atoms with van der Waals surface area (Å²) in [5.41, 5.74) is 2.74. The molecule has 0 spiro atoms. The Morgan fingerprint density at radius 2 is 1.57 bits per heavy atom. The van der Waals surface area contributed by atoms with Crippen molar-refractivity contribution >= 4 is 33.4 Å². The second-order valence-corrected chi connectivity index (χ2v) is 11.2. The van der Waals surface area contributed by atoms with Gasteiger partial charge in [-0.1, -0.05) is 66.2 Å². The molecule has 0 aliphatic carbocycles. The maximum Gasteiger partial charge on any atom is 0.243 e. The van der Waals surface area contributed by atoms with E-state index in [1.165, 1.54) is 36.2 Å². The van der Waals surface area contributed by atoms with Crippen molar-refractivity contribution in [1.82, 2.24) is 14.5 Å². The predicted molar refractivity (Wildman–Crippen MR) is 146 cm³/mol.